The maximum atomic E-state index is 13.1. The number of fused-ring (bicyclic) bond motifs is 1. The second-order valence-electron chi connectivity index (χ2n) is 8.01. The summed E-state index contributed by atoms with van der Waals surface area (Å²) in [5.74, 6) is -0.365. The summed E-state index contributed by atoms with van der Waals surface area (Å²) in [5.41, 5.74) is 3.02. The van der Waals surface area contributed by atoms with Crippen molar-refractivity contribution in [3.63, 3.8) is 0 Å². The van der Waals surface area contributed by atoms with Crippen LogP contribution >= 0.6 is 23.4 Å². The Kier molecular flexibility index (Phi) is 6.15. The first kappa shape index (κ1) is 22.9. The zero-order valence-corrected chi connectivity index (χ0v) is 19.8. The van der Waals surface area contributed by atoms with Gasteiger partial charge < -0.3 is 4.57 Å². The van der Waals surface area contributed by atoms with Gasteiger partial charge in [-0.2, -0.15) is 0 Å². The van der Waals surface area contributed by atoms with Crippen LogP contribution < -0.4 is 0 Å². The van der Waals surface area contributed by atoms with Gasteiger partial charge in [-0.25, -0.2) is 0 Å². The average molecular weight is 504 g/mol. The van der Waals surface area contributed by atoms with E-state index in [9.17, 15) is 19.7 Å². The predicted octanol–water partition coefficient (Wildman–Crippen LogP) is 6.49. The van der Waals surface area contributed by atoms with Gasteiger partial charge in [0.15, 0.2) is 0 Å². The normalized spacial score (nSPS) is 14.9. The van der Waals surface area contributed by atoms with E-state index in [0.29, 0.717) is 22.0 Å². The highest BCUT2D eigenvalue weighted by Crippen LogP contribution is 2.35. The molecule has 7 nitrogen and oxygen atoms in total. The molecule has 1 fully saturated rings. The number of hydrogen-bond donors (Lipinski definition) is 0. The topological polar surface area (TPSA) is 85.5 Å². The van der Waals surface area contributed by atoms with Gasteiger partial charge in [-0.3, -0.25) is 24.6 Å². The highest BCUT2D eigenvalue weighted by molar-refractivity contribution is 8.18. The van der Waals surface area contributed by atoms with Crippen molar-refractivity contribution in [1.82, 2.24) is 9.47 Å². The molecule has 1 aliphatic rings. The molecule has 0 atom stereocenters. The number of nitro groups is 1. The minimum Gasteiger partial charge on any atom is -0.342 e. The van der Waals surface area contributed by atoms with Crippen molar-refractivity contribution in [3.8, 4) is 0 Å². The van der Waals surface area contributed by atoms with E-state index in [1.54, 1.807) is 42.5 Å². The summed E-state index contributed by atoms with van der Waals surface area (Å²) in [6.45, 7) is 0.434. The molecule has 0 saturated carbocycles. The number of para-hydroxylation sites is 2. The number of aromatic nitrogens is 1. The fraction of sp³-hybridized carbons (Fsp3) is 0.0769. The van der Waals surface area contributed by atoms with Crippen LogP contribution in [0.2, 0.25) is 5.02 Å². The van der Waals surface area contributed by atoms with Crippen LogP contribution in [0.5, 0.6) is 0 Å². The van der Waals surface area contributed by atoms with E-state index >= 15 is 0 Å². The van der Waals surface area contributed by atoms with Crippen molar-refractivity contribution in [2.45, 2.75) is 13.1 Å². The van der Waals surface area contributed by atoms with E-state index < -0.39 is 4.92 Å². The molecule has 3 aromatic carbocycles. The van der Waals surface area contributed by atoms with E-state index in [1.165, 1.54) is 11.0 Å². The highest BCUT2D eigenvalue weighted by Gasteiger charge is 2.35. The van der Waals surface area contributed by atoms with Crippen LogP contribution in [0.25, 0.3) is 17.0 Å². The number of nitrogens with zero attached hydrogens (tertiary/aromatic N) is 3. The lowest BCUT2D eigenvalue weighted by atomic mass is 10.1. The molecule has 0 bridgehead atoms. The lowest BCUT2D eigenvalue weighted by Gasteiger charge is -2.12. The first-order valence-electron chi connectivity index (χ1n) is 10.7. The minimum atomic E-state index is -0.391. The molecule has 2 amide bonds. The molecule has 1 aliphatic heterocycles. The van der Waals surface area contributed by atoms with Crippen LogP contribution in [0.3, 0.4) is 0 Å². The van der Waals surface area contributed by atoms with Gasteiger partial charge in [0.25, 0.3) is 16.8 Å². The Morgan fingerprint density at radius 1 is 0.971 bits per heavy atom. The van der Waals surface area contributed by atoms with Gasteiger partial charge >= 0.3 is 0 Å². The van der Waals surface area contributed by atoms with E-state index in [0.717, 1.165) is 33.8 Å². The summed E-state index contributed by atoms with van der Waals surface area (Å²) in [6.07, 6.45) is 3.56. The maximum Gasteiger partial charge on any atom is 0.293 e. The summed E-state index contributed by atoms with van der Waals surface area (Å²) in [7, 11) is 0. The molecule has 1 aromatic heterocycles. The van der Waals surface area contributed by atoms with Crippen molar-refractivity contribution in [2.75, 3.05) is 0 Å². The summed E-state index contributed by atoms with van der Waals surface area (Å²) < 4.78 is 1.92. The Balaban J connectivity index is 1.48. The fourth-order valence-electron chi connectivity index (χ4n) is 4.12. The second kappa shape index (κ2) is 9.40. The third kappa shape index (κ3) is 4.58. The van der Waals surface area contributed by atoms with Gasteiger partial charge in [-0.15, -0.1) is 0 Å². The zero-order chi connectivity index (χ0) is 24.5. The Morgan fingerprint density at radius 2 is 1.74 bits per heavy atom. The third-order valence-corrected chi connectivity index (χ3v) is 6.88. The third-order valence-electron chi connectivity index (χ3n) is 5.74. The fourth-order valence-corrected chi connectivity index (χ4v) is 5.16. The Morgan fingerprint density at radius 3 is 2.54 bits per heavy atom. The molecule has 5 rings (SSSR count). The number of thioether (sulfide) groups is 1. The average Bonchev–Trinajstić information content (AvgIpc) is 3.31. The van der Waals surface area contributed by atoms with Crippen LogP contribution in [-0.4, -0.2) is 25.5 Å². The van der Waals surface area contributed by atoms with Crippen LogP contribution in [0.4, 0.5) is 10.5 Å². The van der Waals surface area contributed by atoms with Crippen molar-refractivity contribution in [1.29, 1.82) is 0 Å². The van der Waals surface area contributed by atoms with Gasteiger partial charge in [-0.1, -0.05) is 60.1 Å². The molecule has 1 saturated heterocycles. The zero-order valence-electron chi connectivity index (χ0n) is 18.3. The molecular formula is C26H18ClN3O4S. The molecule has 174 valence electrons. The van der Waals surface area contributed by atoms with E-state index in [1.807, 2.05) is 41.1 Å². The van der Waals surface area contributed by atoms with Gasteiger partial charge in [0.1, 0.15) is 0 Å². The van der Waals surface area contributed by atoms with Gasteiger partial charge in [0.2, 0.25) is 0 Å². The van der Waals surface area contributed by atoms with Crippen LogP contribution in [0, 0.1) is 10.1 Å². The van der Waals surface area contributed by atoms with Crippen LogP contribution in [0.1, 0.15) is 16.7 Å². The van der Waals surface area contributed by atoms with E-state index in [-0.39, 0.29) is 23.4 Å². The Hall–Kier alpha value is -3.88. The molecule has 4 aromatic rings. The number of amides is 2. The standard InChI is InChI=1S/C26H18ClN3O4S/c27-20-8-5-6-17(12-20)14-29-25(31)24(35-26(29)32)13-19-16-28(23-11-4-2-9-21(19)23)15-18-7-1-3-10-22(18)30(33)34/h1-13,16H,14-15H2/b24-13-. The molecule has 2 heterocycles. The SMILES string of the molecule is O=C1S/C(=C\c2cn(Cc3ccccc3[N+](=O)[O-])c3ccccc23)C(=O)N1Cc1cccc(Cl)c1. The van der Waals surface area contributed by atoms with Crippen LogP contribution in [0.15, 0.2) is 83.9 Å². The lowest BCUT2D eigenvalue weighted by molar-refractivity contribution is -0.385. The largest absolute Gasteiger partial charge is 0.342 e. The summed E-state index contributed by atoms with van der Waals surface area (Å²) >= 11 is 6.93. The molecule has 0 aliphatic carbocycles. The van der Waals surface area contributed by atoms with E-state index in [2.05, 4.69) is 0 Å². The Bertz CT molecular complexity index is 1530. The monoisotopic (exact) mass is 503 g/mol. The summed E-state index contributed by atoms with van der Waals surface area (Å²) in [6, 6.07) is 21.3. The van der Waals surface area contributed by atoms with E-state index in [4.69, 9.17) is 11.6 Å². The van der Waals surface area contributed by atoms with Crippen molar-refractivity contribution in [2.24, 2.45) is 0 Å². The number of carbonyl (C=O) groups excluding carboxylic acids is 2. The maximum absolute atomic E-state index is 13.1. The summed E-state index contributed by atoms with van der Waals surface area (Å²) in [5, 5.41) is 12.5. The minimum absolute atomic E-state index is 0.0500. The molecular weight excluding hydrogens is 486 g/mol. The number of benzene rings is 3. The number of rotatable bonds is 6. The first-order chi connectivity index (χ1) is 16.9. The van der Waals surface area contributed by atoms with Gasteiger partial charge in [0.05, 0.1) is 22.9 Å². The number of carbonyl (C=O) groups is 2. The van der Waals surface area contributed by atoms with Crippen molar-refractivity contribution < 1.29 is 14.5 Å². The van der Waals surface area contributed by atoms with Gasteiger partial charge in [0, 0.05) is 39.3 Å². The smallest absolute Gasteiger partial charge is 0.293 e. The van der Waals surface area contributed by atoms with Gasteiger partial charge in [-0.05, 0) is 41.6 Å². The molecule has 35 heavy (non-hydrogen) atoms. The number of hydrogen-bond acceptors (Lipinski definition) is 5. The molecule has 0 N–H and O–H groups in total. The lowest BCUT2D eigenvalue weighted by Crippen LogP contribution is -2.27. The molecule has 0 spiro atoms. The first-order valence-corrected chi connectivity index (χ1v) is 11.9. The quantitative estimate of drug-likeness (QED) is 0.170. The predicted molar refractivity (Wildman–Crippen MR) is 137 cm³/mol. The number of halogens is 1. The highest BCUT2D eigenvalue weighted by atomic mass is 35.5. The molecule has 9 heteroatoms. The van der Waals surface area contributed by atoms with Crippen molar-refractivity contribution in [3.05, 3.63) is 116 Å². The number of nitro benzene ring substituents is 1. The van der Waals surface area contributed by atoms with Crippen molar-refractivity contribution >= 4 is 57.2 Å². The number of imide groups is 1. The molecule has 0 radical (unpaired) electrons. The second-order valence-corrected chi connectivity index (χ2v) is 9.44. The Labute approximate surface area is 209 Å². The summed E-state index contributed by atoms with van der Waals surface area (Å²) in [4.78, 5) is 38.3. The molecule has 0 unspecified atom stereocenters. The van der Waals surface area contributed by atoms with Crippen LogP contribution in [-0.2, 0) is 17.9 Å².